The van der Waals surface area contributed by atoms with Crippen molar-refractivity contribution in [3.05, 3.63) is 0 Å². The fourth-order valence-corrected chi connectivity index (χ4v) is 0.969. The number of rotatable bonds is 1. The molecule has 1 unspecified atom stereocenters. The maximum absolute atomic E-state index is 5.16. The van der Waals surface area contributed by atoms with Crippen LogP contribution in [0.4, 0.5) is 0 Å². The zero-order valence-corrected chi connectivity index (χ0v) is 6.88. The van der Waals surface area contributed by atoms with Gasteiger partial charge >= 0.3 is 0 Å². The minimum Gasteiger partial charge on any atom is -0.478 e. The number of hydrogen-bond donors (Lipinski definition) is 0. The first-order chi connectivity index (χ1) is 3.80. The first kappa shape index (κ1) is 6.32. The molecule has 0 aliphatic carbocycles. The van der Waals surface area contributed by atoms with Crippen molar-refractivity contribution in [1.29, 1.82) is 0 Å². The molecule has 0 saturated heterocycles. The summed E-state index contributed by atoms with van der Waals surface area (Å²) in [6, 6.07) is 0. The van der Waals surface area contributed by atoms with Crippen LogP contribution in [0.1, 0.15) is 6.92 Å². The molecule has 0 N–H and O–H groups in total. The van der Waals surface area contributed by atoms with Crippen LogP contribution in [0.5, 0.6) is 0 Å². The normalized spacial score (nSPS) is 22.0. The Morgan fingerprint density at radius 2 is 2.62 bits per heavy atom. The van der Waals surface area contributed by atoms with Gasteiger partial charge in [0.2, 0.25) is 0 Å². The van der Waals surface area contributed by atoms with E-state index >= 15 is 0 Å². The topological polar surface area (TPSA) is 21.6 Å². The largest absolute Gasteiger partial charge is 0.478 e. The van der Waals surface area contributed by atoms with E-state index in [2.05, 4.69) is 34.5 Å². The summed E-state index contributed by atoms with van der Waals surface area (Å²) in [7, 11) is 0. The third-order valence-corrected chi connectivity index (χ3v) is 1.48. The van der Waals surface area contributed by atoms with Crippen molar-refractivity contribution in [2.45, 2.75) is 10.8 Å². The van der Waals surface area contributed by atoms with E-state index in [1.165, 1.54) is 0 Å². The Hall–Kier alpha value is 0.200. The first-order valence-corrected chi connectivity index (χ1v) is 3.86. The van der Waals surface area contributed by atoms with Crippen LogP contribution in [-0.4, -0.2) is 23.0 Å². The second kappa shape index (κ2) is 2.66. The van der Waals surface area contributed by atoms with Crippen LogP contribution >= 0.6 is 22.6 Å². The molecule has 8 heavy (non-hydrogen) atoms. The fraction of sp³-hybridized carbons (Fsp3) is 0.800. The molecule has 0 radical (unpaired) electrons. The molecule has 3 heteroatoms. The van der Waals surface area contributed by atoms with Gasteiger partial charge in [0.1, 0.15) is 6.61 Å². The van der Waals surface area contributed by atoms with Gasteiger partial charge in [0.15, 0.2) is 5.90 Å². The minimum atomic E-state index is 0.440. The highest BCUT2D eigenvalue weighted by atomic mass is 127. The number of alkyl halides is 1. The standard InChI is InChI=1S/C5H8INO/c1-4(6)5-7-2-3-8-5/h4H,2-3H2,1H3. The number of nitrogens with zero attached hydrogens (tertiary/aromatic N) is 1. The lowest BCUT2D eigenvalue weighted by molar-refractivity contribution is 0.342. The number of hydrogen-bond acceptors (Lipinski definition) is 2. The van der Waals surface area contributed by atoms with Crippen molar-refractivity contribution < 1.29 is 4.74 Å². The molecule has 1 atom stereocenters. The highest BCUT2D eigenvalue weighted by Crippen LogP contribution is 2.06. The molecule has 0 aromatic carbocycles. The zero-order valence-electron chi connectivity index (χ0n) is 4.72. The van der Waals surface area contributed by atoms with Gasteiger partial charge in [0.05, 0.1) is 10.5 Å². The van der Waals surface area contributed by atoms with Crippen molar-refractivity contribution >= 4 is 28.5 Å². The van der Waals surface area contributed by atoms with Crippen LogP contribution in [0.25, 0.3) is 0 Å². The summed E-state index contributed by atoms with van der Waals surface area (Å²) in [6.07, 6.45) is 0. The highest BCUT2D eigenvalue weighted by molar-refractivity contribution is 14.1. The third kappa shape index (κ3) is 1.34. The Balaban J connectivity index is 2.45. The van der Waals surface area contributed by atoms with Crippen LogP contribution in [0.15, 0.2) is 4.99 Å². The van der Waals surface area contributed by atoms with E-state index in [0.29, 0.717) is 3.92 Å². The molecular weight excluding hydrogens is 217 g/mol. The van der Waals surface area contributed by atoms with E-state index in [1.54, 1.807) is 0 Å². The summed E-state index contributed by atoms with van der Waals surface area (Å²) in [5.41, 5.74) is 0. The average molecular weight is 225 g/mol. The Morgan fingerprint density at radius 1 is 1.88 bits per heavy atom. The van der Waals surface area contributed by atoms with E-state index in [9.17, 15) is 0 Å². The van der Waals surface area contributed by atoms with Crippen molar-refractivity contribution in [2.24, 2.45) is 4.99 Å². The molecule has 1 heterocycles. The van der Waals surface area contributed by atoms with Crippen molar-refractivity contribution in [1.82, 2.24) is 0 Å². The summed E-state index contributed by atoms with van der Waals surface area (Å²) >= 11 is 2.29. The van der Waals surface area contributed by atoms with Gasteiger partial charge in [-0.25, -0.2) is 0 Å². The van der Waals surface area contributed by atoms with Gasteiger partial charge < -0.3 is 4.74 Å². The SMILES string of the molecule is CC(I)C1=NCCO1. The Labute approximate surface area is 62.5 Å². The summed E-state index contributed by atoms with van der Waals surface area (Å²) in [6.45, 7) is 3.70. The van der Waals surface area contributed by atoms with Gasteiger partial charge in [0, 0.05) is 0 Å². The second-order valence-corrected chi connectivity index (χ2v) is 3.55. The number of ether oxygens (including phenoxy) is 1. The fourth-order valence-electron chi connectivity index (χ4n) is 0.592. The minimum absolute atomic E-state index is 0.440. The van der Waals surface area contributed by atoms with Gasteiger partial charge in [-0.3, -0.25) is 4.99 Å². The van der Waals surface area contributed by atoms with Crippen LogP contribution in [0.2, 0.25) is 0 Å². The lowest BCUT2D eigenvalue weighted by Gasteiger charge is -2.00. The van der Waals surface area contributed by atoms with Gasteiger partial charge in [0.25, 0.3) is 0 Å². The van der Waals surface area contributed by atoms with Crippen LogP contribution in [0.3, 0.4) is 0 Å². The van der Waals surface area contributed by atoms with Gasteiger partial charge in [-0.05, 0) is 6.92 Å². The lowest BCUT2D eigenvalue weighted by atomic mass is 10.5. The maximum atomic E-state index is 5.16. The molecule has 0 bridgehead atoms. The molecule has 0 spiro atoms. The van der Waals surface area contributed by atoms with Crippen molar-refractivity contribution in [3.8, 4) is 0 Å². The third-order valence-electron chi connectivity index (χ3n) is 0.949. The van der Waals surface area contributed by atoms with Crippen LogP contribution in [0, 0.1) is 0 Å². The quantitative estimate of drug-likeness (QED) is 0.486. The zero-order chi connectivity index (χ0) is 5.98. The molecule has 2 nitrogen and oxygen atoms in total. The monoisotopic (exact) mass is 225 g/mol. The van der Waals surface area contributed by atoms with E-state index in [-0.39, 0.29) is 0 Å². The highest BCUT2D eigenvalue weighted by Gasteiger charge is 2.11. The van der Waals surface area contributed by atoms with Crippen LogP contribution in [-0.2, 0) is 4.74 Å². The lowest BCUT2D eigenvalue weighted by Crippen LogP contribution is -2.09. The van der Waals surface area contributed by atoms with Crippen molar-refractivity contribution in [2.75, 3.05) is 13.2 Å². The molecule has 1 rings (SSSR count). The molecule has 0 aromatic heterocycles. The first-order valence-electron chi connectivity index (χ1n) is 2.62. The number of aliphatic imine (C=N–C) groups is 1. The predicted octanol–water partition coefficient (Wildman–Crippen LogP) is 1.24. The molecular formula is C5H8INO. The van der Waals surface area contributed by atoms with Crippen LogP contribution < -0.4 is 0 Å². The Kier molecular flexibility index (Phi) is 2.10. The average Bonchev–Trinajstić information content (AvgIpc) is 2.12. The predicted molar refractivity (Wildman–Crippen MR) is 41.7 cm³/mol. The number of halogens is 1. The second-order valence-electron chi connectivity index (χ2n) is 1.68. The summed E-state index contributed by atoms with van der Waals surface area (Å²) in [4.78, 5) is 4.12. The van der Waals surface area contributed by atoms with Gasteiger partial charge in [-0.1, -0.05) is 22.6 Å². The molecule has 1 aliphatic heterocycles. The molecule has 0 fully saturated rings. The van der Waals surface area contributed by atoms with E-state index < -0.39 is 0 Å². The maximum Gasteiger partial charge on any atom is 0.196 e. The molecule has 46 valence electrons. The Morgan fingerprint density at radius 3 is 2.88 bits per heavy atom. The van der Waals surface area contributed by atoms with E-state index in [1.807, 2.05) is 0 Å². The van der Waals surface area contributed by atoms with E-state index in [0.717, 1.165) is 19.0 Å². The smallest absolute Gasteiger partial charge is 0.196 e. The van der Waals surface area contributed by atoms with Gasteiger partial charge in [-0.15, -0.1) is 0 Å². The summed E-state index contributed by atoms with van der Waals surface area (Å²) in [5.74, 6) is 0.908. The summed E-state index contributed by atoms with van der Waals surface area (Å²) in [5, 5.41) is 0. The summed E-state index contributed by atoms with van der Waals surface area (Å²) < 4.78 is 5.60. The molecule has 0 saturated carbocycles. The van der Waals surface area contributed by atoms with Gasteiger partial charge in [-0.2, -0.15) is 0 Å². The van der Waals surface area contributed by atoms with Crippen molar-refractivity contribution in [3.63, 3.8) is 0 Å². The Bertz CT molecular complexity index is 111. The molecule has 0 aromatic rings. The molecule has 0 amide bonds. The van der Waals surface area contributed by atoms with E-state index in [4.69, 9.17) is 4.74 Å². The molecule has 1 aliphatic rings.